The van der Waals surface area contributed by atoms with Gasteiger partial charge < -0.3 is 0 Å². The Morgan fingerprint density at radius 2 is 2.06 bits per heavy atom. The summed E-state index contributed by atoms with van der Waals surface area (Å²) in [6.07, 6.45) is 3.40. The van der Waals surface area contributed by atoms with Crippen LogP contribution in [0.3, 0.4) is 0 Å². The molecule has 0 aliphatic carbocycles. The molecule has 2 nitrogen and oxygen atoms in total. The van der Waals surface area contributed by atoms with Crippen LogP contribution in [0.5, 0.6) is 0 Å². The molecule has 1 heterocycles. The van der Waals surface area contributed by atoms with Crippen molar-refractivity contribution >= 4 is 38.7 Å². The van der Waals surface area contributed by atoms with E-state index < -0.39 is 0 Å². The van der Waals surface area contributed by atoms with E-state index in [1.807, 2.05) is 43.3 Å². The lowest BCUT2D eigenvalue weighted by Gasteiger charge is -2.09. The van der Waals surface area contributed by atoms with E-state index in [1.165, 1.54) is 0 Å². The van der Waals surface area contributed by atoms with Crippen molar-refractivity contribution < 1.29 is 4.79 Å². The third kappa shape index (κ3) is 3.50. The molecule has 0 spiro atoms. The Morgan fingerprint density at radius 3 is 2.67 bits per heavy atom. The molecule has 1 atom stereocenters. The third-order valence-corrected chi connectivity index (χ3v) is 3.45. The number of aromatic nitrogens is 1. The molecule has 1 unspecified atom stereocenters. The maximum atomic E-state index is 12.2. The maximum Gasteiger partial charge on any atom is 0.180 e. The predicted octanol–water partition coefficient (Wildman–Crippen LogP) is 4.29. The number of alkyl halides is 1. The molecule has 0 saturated heterocycles. The van der Waals surface area contributed by atoms with Gasteiger partial charge in [-0.1, -0.05) is 45.8 Å². The minimum atomic E-state index is -0.335. The summed E-state index contributed by atoms with van der Waals surface area (Å²) < 4.78 is 0. The Morgan fingerprint density at radius 1 is 1.28 bits per heavy atom. The van der Waals surface area contributed by atoms with Gasteiger partial charge in [0, 0.05) is 18.0 Å². The van der Waals surface area contributed by atoms with Crippen LogP contribution in [0.15, 0.2) is 48.8 Å². The summed E-state index contributed by atoms with van der Waals surface area (Å²) in [5.74, 6) is 0.0571. The van der Waals surface area contributed by atoms with Crippen LogP contribution in [-0.4, -0.2) is 10.8 Å². The number of Topliss-reactive ketones (excluding diaryl/α,β-unsaturated/α-hetero) is 1. The zero-order valence-corrected chi connectivity index (χ0v) is 13.1. The number of hydrogen-bond acceptors (Lipinski definition) is 2. The Bertz CT molecular complexity index is 528. The second kappa shape index (κ2) is 6.81. The average Bonchev–Trinajstić information content (AvgIpc) is 2.38. The van der Waals surface area contributed by atoms with Gasteiger partial charge in [-0.3, -0.25) is 9.78 Å². The number of carbonyl (C=O) groups is 1. The summed E-state index contributed by atoms with van der Waals surface area (Å²) in [6, 6.07) is 11.3. The minimum Gasteiger partial charge on any atom is -0.293 e. The molecule has 2 aromatic rings. The van der Waals surface area contributed by atoms with Crippen molar-refractivity contribution in [2.75, 3.05) is 0 Å². The third-order valence-electron chi connectivity index (χ3n) is 2.51. The van der Waals surface area contributed by atoms with Crippen molar-refractivity contribution in [3.63, 3.8) is 0 Å². The van der Waals surface area contributed by atoms with Crippen molar-refractivity contribution in [2.45, 2.75) is 11.8 Å². The summed E-state index contributed by atoms with van der Waals surface area (Å²) >= 11 is 3.42. The average molecular weight is 371 g/mol. The number of pyridine rings is 1. The minimum absolute atomic E-state index is 0. The standard InChI is InChI=1S/C14H12BrNO.BrH/c1-10-4-2-5-11(8-10)14(17)13(15)12-6-3-7-16-9-12;/h2-9,13H,1H3;1H. The highest BCUT2D eigenvalue weighted by molar-refractivity contribution is 9.09. The zero-order chi connectivity index (χ0) is 12.3. The smallest absolute Gasteiger partial charge is 0.180 e. The molecule has 0 saturated carbocycles. The van der Waals surface area contributed by atoms with Gasteiger partial charge in [0.1, 0.15) is 4.83 Å². The normalized spacial score (nSPS) is 11.4. The summed E-state index contributed by atoms with van der Waals surface area (Å²) in [5, 5.41) is 0. The van der Waals surface area contributed by atoms with E-state index in [9.17, 15) is 4.79 Å². The van der Waals surface area contributed by atoms with Gasteiger partial charge >= 0.3 is 0 Å². The van der Waals surface area contributed by atoms with Crippen LogP contribution in [0, 0.1) is 6.92 Å². The fraction of sp³-hybridized carbons (Fsp3) is 0.143. The predicted molar refractivity (Wildman–Crippen MR) is 81.7 cm³/mol. The molecular weight excluding hydrogens is 358 g/mol. The summed E-state index contributed by atoms with van der Waals surface area (Å²) in [4.78, 5) is 15.9. The highest BCUT2D eigenvalue weighted by Gasteiger charge is 2.18. The zero-order valence-electron chi connectivity index (χ0n) is 9.84. The van der Waals surface area contributed by atoms with Crippen LogP contribution in [0.1, 0.15) is 26.3 Å². The van der Waals surface area contributed by atoms with Crippen LogP contribution < -0.4 is 0 Å². The molecule has 0 bridgehead atoms. The van der Waals surface area contributed by atoms with E-state index in [4.69, 9.17) is 0 Å². The second-order valence-electron chi connectivity index (χ2n) is 3.88. The number of ketones is 1. The van der Waals surface area contributed by atoms with Crippen LogP contribution in [0.25, 0.3) is 0 Å². The SMILES string of the molecule is Br.Cc1cccc(C(=O)C(Br)c2cccnc2)c1. The molecule has 1 aromatic heterocycles. The molecule has 1 aromatic carbocycles. The molecule has 0 aliphatic heterocycles. The van der Waals surface area contributed by atoms with E-state index in [0.717, 1.165) is 16.7 Å². The van der Waals surface area contributed by atoms with Gasteiger partial charge in [-0.15, -0.1) is 17.0 Å². The first-order valence-electron chi connectivity index (χ1n) is 5.33. The molecule has 0 N–H and O–H groups in total. The molecule has 0 fully saturated rings. The molecule has 0 aliphatic rings. The van der Waals surface area contributed by atoms with Gasteiger partial charge in [0.2, 0.25) is 0 Å². The van der Waals surface area contributed by atoms with Crippen molar-refractivity contribution in [1.29, 1.82) is 0 Å². The molecule has 2 rings (SSSR count). The highest BCUT2D eigenvalue weighted by atomic mass is 79.9. The van der Waals surface area contributed by atoms with Gasteiger partial charge in [0.05, 0.1) is 0 Å². The lowest BCUT2D eigenvalue weighted by molar-refractivity contribution is 0.0991. The van der Waals surface area contributed by atoms with Gasteiger partial charge in [0.25, 0.3) is 0 Å². The maximum absolute atomic E-state index is 12.2. The number of carbonyl (C=O) groups excluding carboxylic acids is 1. The molecule has 18 heavy (non-hydrogen) atoms. The Kier molecular flexibility index (Phi) is 5.69. The first-order chi connectivity index (χ1) is 8.18. The van der Waals surface area contributed by atoms with E-state index >= 15 is 0 Å². The highest BCUT2D eigenvalue weighted by Crippen LogP contribution is 2.26. The number of halogens is 2. The summed E-state index contributed by atoms with van der Waals surface area (Å²) in [7, 11) is 0. The molecule has 0 radical (unpaired) electrons. The van der Waals surface area contributed by atoms with Crippen molar-refractivity contribution in [3.05, 3.63) is 65.5 Å². The van der Waals surface area contributed by atoms with Crippen LogP contribution in [0.4, 0.5) is 0 Å². The number of nitrogens with zero attached hydrogens (tertiary/aromatic N) is 1. The molecular formula is C14H13Br2NO. The van der Waals surface area contributed by atoms with E-state index in [1.54, 1.807) is 12.4 Å². The van der Waals surface area contributed by atoms with Crippen molar-refractivity contribution in [1.82, 2.24) is 4.98 Å². The molecule has 0 amide bonds. The second-order valence-corrected chi connectivity index (χ2v) is 4.80. The van der Waals surface area contributed by atoms with Crippen molar-refractivity contribution in [3.8, 4) is 0 Å². The Labute approximate surface area is 125 Å². The number of aryl methyl sites for hydroxylation is 1. The largest absolute Gasteiger partial charge is 0.293 e. The quantitative estimate of drug-likeness (QED) is 0.596. The lowest BCUT2D eigenvalue weighted by Crippen LogP contribution is -2.07. The summed E-state index contributed by atoms with van der Waals surface area (Å²) in [6.45, 7) is 1.98. The van der Waals surface area contributed by atoms with Crippen molar-refractivity contribution in [2.24, 2.45) is 0 Å². The van der Waals surface area contributed by atoms with Gasteiger partial charge in [-0.05, 0) is 24.6 Å². The van der Waals surface area contributed by atoms with Gasteiger partial charge in [-0.25, -0.2) is 0 Å². The van der Waals surface area contributed by atoms with Crippen LogP contribution in [-0.2, 0) is 0 Å². The first-order valence-corrected chi connectivity index (χ1v) is 6.25. The van der Waals surface area contributed by atoms with Crippen LogP contribution >= 0.6 is 32.9 Å². The first kappa shape index (κ1) is 15.1. The molecule has 94 valence electrons. The Balaban J connectivity index is 0.00000162. The van der Waals surface area contributed by atoms with E-state index in [-0.39, 0.29) is 27.6 Å². The Hall–Kier alpha value is -1.00. The van der Waals surface area contributed by atoms with E-state index in [0.29, 0.717) is 0 Å². The number of benzene rings is 1. The number of hydrogen-bond donors (Lipinski definition) is 0. The van der Waals surface area contributed by atoms with E-state index in [2.05, 4.69) is 20.9 Å². The molecule has 4 heteroatoms. The monoisotopic (exact) mass is 369 g/mol. The van der Waals surface area contributed by atoms with Gasteiger partial charge in [0.15, 0.2) is 5.78 Å². The summed E-state index contributed by atoms with van der Waals surface area (Å²) in [5.41, 5.74) is 2.68. The fourth-order valence-electron chi connectivity index (χ4n) is 1.62. The number of rotatable bonds is 3. The fourth-order valence-corrected chi connectivity index (χ4v) is 2.16. The topological polar surface area (TPSA) is 30.0 Å². The lowest BCUT2D eigenvalue weighted by atomic mass is 10.0. The van der Waals surface area contributed by atoms with Gasteiger partial charge in [-0.2, -0.15) is 0 Å². The van der Waals surface area contributed by atoms with Crippen LogP contribution in [0.2, 0.25) is 0 Å².